The van der Waals surface area contributed by atoms with E-state index in [1.54, 1.807) is 12.4 Å². The number of hydrogen-bond donors (Lipinski definition) is 2. The van der Waals surface area contributed by atoms with Crippen molar-refractivity contribution < 1.29 is 14.7 Å². The molecule has 5 nitrogen and oxygen atoms in total. The van der Waals surface area contributed by atoms with Crippen LogP contribution in [-0.4, -0.2) is 28.0 Å². The Morgan fingerprint density at radius 1 is 1.37 bits per heavy atom. The lowest BCUT2D eigenvalue weighted by atomic mass is 9.95. The van der Waals surface area contributed by atoms with E-state index in [2.05, 4.69) is 10.3 Å². The van der Waals surface area contributed by atoms with Crippen LogP contribution in [0.25, 0.3) is 0 Å². The van der Waals surface area contributed by atoms with Gasteiger partial charge in [-0.15, -0.1) is 11.3 Å². The average molecular weight is 282 g/mol. The van der Waals surface area contributed by atoms with E-state index in [0.717, 1.165) is 25.7 Å². The van der Waals surface area contributed by atoms with Crippen LogP contribution in [0.5, 0.6) is 0 Å². The first-order valence-corrected chi connectivity index (χ1v) is 7.41. The summed E-state index contributed by atoms with van der Waals surface area (Å²) in [5.74, 6) is -1.48. The van der Waals surface area contributed by atoms with E-state index in [-0.39, 0.29) is 11.9 Å². The van der Waals surface area contributed by atoms with Gasteiger partial charge >= 0.3 is 5.97 Å². The van der Waals surface area contributed by atoms with Crippen molar-refractivity contribution in [2.45, 2.75) is 45.1 Å². The fourth-order valence-electron chi connectivity index (χ4n) is 2.53. The summed E-state index contributed by atoms with van der Waals surface area (Å²) in [6.45, 7) is 1.78. The normalized spacial score (nSPS) is 23.6. The van der Waals surface area contributed by atoms with Gasteiger partial charge in [-0.05, 0) is 19.8 Å². The number of nitrogens with one attached hydrogen (secondary N) is 1. The Hall–Kier alpha value is -1.43. The van der Waals surface area contributed by atoms with Gasteiger partial charge in [-0.3, -0.25) is 9.59 Å². The summed E-state index contributed by atoms with van der Waals surface area (Å²) in [5.41, 5.74) is 2.33. The van der Waals surface area contributed by atoms with Crippen LogP contribution in [0.4, 0.5) is 0 Å². The maximum absolute atomic E-state index is 12.1. The van der Waals surface area contributed by atoms with Crippen LogP contribution < -0.4 is 5.32 Å². The summed E-state index contributed by atoms with van der Waals surface area (Å²) in [7, 11) is 0. The third-order valence-electron chi connectivity index (χ3n) is 3.60. The van der Waals surface area contributed by atoms with E-state index in [4.69, 9.17) is 0 Å². The number of thiazole rings is 1. The fourth-order valence-corrected chi connectivity index (χ4v) is 3.24. The molecule has 104 valence electrons. The zero-order chi connectivity index (χ0) is 13.8. The number of carboxylic acid groups (broad SMARTS) is 1. The molecule has 0 spiro atoms. The number of carbonyl (C=O) groups is 2. The Bertz CT molecular complexity index is 472. The number of carboxylic acids is 1. The van der Waals surface area contributed by atoms with Crippen LogP contribution in [-0.2, 0) is 4.79 Å². The van der Waals surface area contributed by atoms with Crippen LogP contribution >= 0.6 is 11.3 Å². The van der Waals surface area contributed by atoms with Crippen LogP contribution in [0.1, 0.15) is 47.5 Å². The third kappa shape index (κ3) is 3.32. The maximum Gasteiger partial charge on any atom is 0.308 e. The Morgan fingerprint density at radius 2 is 2.11 bits per heavy atom. The molecule has 19 heavy (non-hydrogen) atoms. The monoisotopic (exact) mass is 282 g/mol. The highest BCUT2D eigenvalue weighted by Crippen LogP contribution is 2.24. The van der Waals surface area contributed by atoms with Gasteiger partial charge in [0.15, 0.2) is 0 Å². The van der Waals surface area contributed by atoms with Gasteiger partial charge in [0, 0.05) is 6.04 Å². The first-order chi connectivity index (χ1) is 9.09. The van der Waals surface area contributed by atoms with Crippen molar-refractivity contribution in [3.63, 3.8) is 0 Å². The summed E-state index contributed by atoms with van der Waals surface area (Å²) < 4.78 is 0. The molecule has 6 heteroatoms. The van der Waals surface area contributed by atoms with Gasteiger partial charge in [0.1, 0.15) is 4.88 Å². The second-order valence-corrected chi connectivity index (χ2v) is 5.78. The molecule has 1 amide bonds. The minimum Gasteiger partial charge on any atom is -0.481 e. The van der Waals surface area contributed by atoms with Crippen molar-refractivity contribution in [3.05, 3.63) is 16.1 Å². The zero-order valence-electron chi connectivity index (χ0n) is 10.9. The Balaban J connectivity index is 2.08. The molecule has 1 aromatic heterocycles. The van der Waals surface area contributed by atoms with Gasteiger partial charge in [0.25, 0.3) is 5.91 Å². The summed E-state index contributed by atoms with van der Waals surface area (Å²) in [4.78, 5) is 28.1. The van der Waals surface area contributed by atoms with Gasteiger partial charge in [-0.1, -0.05) is 19.3 Å². The van der Waals surface area contributed by atoms with Crippen molar-refractivity contribution >= 4 is 23.2 Å². The Labute approximate surface area is 116 Å². The molecule has 1 saturated carbocycles. The number of rotatable bonds is 3. The van der Waals surface area contributed by atoms with Crippen LogP contribution in [0.2, 0.25) is 0 Å². The van der Waals surface area contributed by atoms with E-state index in [0.29, 0.717) is 17.0 Å². The molecule has 0 radical (unpaired) electrons. The molecular formula is C13H18N2O3S. The van der Waals surface area contributed by atoms with E-state index in [1.807, 2.05) is 0 Å². The highest BCUT2D eigenvalue weighted by atomic mass is 32.1. The SMILES string of the molecule is Cc1ncsc1C(=O)N[C@H]1CCCCC[C@H]1C(=O)O. The topological polar surface area (TPSA) is 79.3 Å². The molecule has 1 aromatic rings. The van der Waals surface area contributed by atoms with Crippen molar-refractivity contribution in [3.8, 4) is 0 Å². The molecule has 0 aliphatic heterocycles. The Morgan fingerprint density at radius 3 is 2.74 bits per heavy atom. The third-order valence-corrected chi connectivity index (χ3v) is 4.53. The van der Waals surface area contributed by atoms with Gasteiger partial charge in [0.05, 0.1) is 17.1 Å². The highest BCUT2D eigenvalue weighted by molar-refractivity contribution is 7.11. The fraction of sp³-hybridized carbons (Fsp3) is 0.615. The summed E-state index contributed by atoms with van der Waals surface area (Å²) in [5, 5.41) is 12.2. The van der Waals surface area contributed by atoms with Gasteiger partial charge in [-0.2, -0.15) is 0 Å². The number of hydrogen-bond acceptors (Lipinski definition) is 4. The molecule has 2 N–H and O–H groups in total. The van der Waals surface area contributed by atoms with E-state index in [9.17, 15) is 14.7 Å². The molecule has 1 aliphatic carbocycles. The number of aryl methyl sites for hydroxylation is 1. The molecule has 2 atom stereocenters. The maximum atomic E-state index is 12.1. The molecule has 0 aromatic carbocycles. The van der Waals surface area contributed by atoms with Crippen molar-refractivity contribution in [1.29, 1.82) is 0 Å². The smallest absolute Gasteiger partial charge is 0.308 e. The minimum absolute atomic E-state index is 0.196. The lowest BCUT2D eigenvalue weighted by Gasteiger charge is -2.22. The van der Waals surface area contributed by atoms with Crippen molar-refractivity contribution in [2.24, 2.45) is 5.92 Å². The highest BCUT2D eigenvalue weighted by Gasteiger charge is 2.31. The zero-order valence-corrected chi connectivity index (χ0v) is 11.7. The summed E-state index contributed by atoms with van der Waals surface area (Å²) in [6.07, 6.45) is 4.30. The second-order valence-electron chi connectivity index (χ2n) is 4.93. The number of aliphatic carboxylic acids is 1. The molecule has 0 unspecified atom stereocenters. The summed E-state index contributed by atoms with van der Waals surface area (Å²) >= 11 is 1.29. The molecule has 1 heterocycles. The second kappa shape index (κ2) is 6.14. The molecule has 1 fully saturated rings. The summed E-state index contributed by atoms with van der Waals surface area (Å²) in [6, 6.07) is -0.269. The molecule has 1 aliphatic rings. The van der Waals surface area contributed by atoms with Crippen LogP contribution in [0.15, 0.2) is 5.51 Å². The number of nitrogens with zero attached hydrogens (tertiary/aromatic N) is 1. The van der Waals surface area contributed by atoms with Gasteiger partial charge in [-0.25, -0.2) is 4.98 Å². The number of aromatic nitrogens is 1. The van der Waals surface area contributed by atoms with E-state index >= 15 is 0 Å². The molecule has 0 bridgehead atoms. The molecular weight excluding hydrogens is 264 g/mol. The standard InChI is InChI=1S/C13H18N2O3S/c1-8-11(19-7-14-8)12(16)15-10-6-4-2-3-5-9(10)13(17)18/h7,9-10H,2-6H2,1H3,(H,15,16)(H,17,18)/t9-,10+/m1/s1. The molecule has 2 rings (SSSR count). The average Bonchev–Trinajstić information content (AvgIpc) is 2.65. The van der Waals surface area contributed by atoms with Crippen LogP contribution in [0.3, 0.4) is 0 Å². The predicted octanol–water partition coefficient (Wildman–Crippen LogP) is 2.21. The van der Waals surface area contributed by atoms with E-state index < -0.39 is 11.9 Å². The van der Waals surface area contributed by atoms with Gasteiger partial charge in [0.2, 0.25) is 0 Å². The lowest BCUT2D eigenvalue weighted by molar-refractivity contribution is -0.142. The number of amides is 1. The van der Waals surface area contributed by atoms with Crippen molar-refractivity contribution in [2.75, 3.05) is 0 Å². The first-order valence-electron chi connectivity index (χ1n) is 6.53. The number of carbonyl (C=O) groups excluding carboxylic acids is 1. The van der Waals surface area contributed by atoms with E-state index in [1.165, 1.54) is 11.3 Å². The van der Waals surface area contributed by atoms with Gasteiger partial charge < -0.3 is 10.4 Å². The first kappa shape index (κ1) is 14.0. The quantitative estimate of drug-likeness (QED) is 0.833. The lowest BCUT2D eigenvalue weighted by Crippen LogP contribution is -2.42. The van der Waals surface area contributed by atoms with Crippen molar-refractivity contribution in [1.82, 2.24) is 10.3 Å². The minimum atomic E-state index is -0.812. The predicted molar refractivity (Wildman–Crippen MR) is 72.3 cm³/mol. The van der Waals surface area contributed by atoms with Crippen LogP contribution in [0, 0.1) is 12.8 Å². The largest absolute Gasteiger partial charge is 0.481 e. The Kier molecular flexibility index (Phi) is 4.52. The molecule has 0 saturated heterocycles.